The van der Waals surface area contributed by atoms with E-state index in [4.69, 9.17) is 0 Å². The molecule has 0 aliphatic heterocycles. The molecule has 0 saturated carbocycles. The van der Waals surface area contributed by atoms with Crippen LogP contribution in [0.5, 0.6) is 0 Å². The van der Waals surface area contributed by atoms with E-state index in [1.165, 1.54) is 76.5 Å². The van der Waals surface area contributed by atoms with Gasteiger partial charge in [-0.15, -0.1) is 0 Å². The molecule has 1 heterocycles. The average Bonchev–Trinajstić information content (AvgIpc) is 3.30. The summed E-state index contributed by atoms with van der Waals surface area (Å²) in [5.41, 5.74) is 7.69. The molecule has 8 aromatic rings. The van der Waals surface area contributed by atoms with Crippen LogP contribution in [0.1, 0.15) is 26.3 Å². The lowest BCUT2D eigenvalue weighted by Crippen LogP contribution is -2.10. The van der Waals surface area contributed by atoms with Crippen LogP contribution >= 0.6 is 0 Å². The first-order chi connectivity index (χ1) is 19.0. The van der Waals surface area contributed by atoms with Gasteiger partial charge in [0.05, 0.1) is 11.0 Å². The molecule has 0 aliphatic rings. The zero-order valence-electron chi connectivity index (χ0n) is 22.5. The molecule has 0 spiro atoms. The molecular formula is C38H29N. The molecule has 7 aromatic carbocycles. The van der Waals surface area contributed by atoms with E-state index < -0.39 is 0 Å². The summed E-state index contributed by atoms with van der Waals surface area (Å²) in [5.74, 6) is 0. The maximum Gasteiger partial charge on any atom is 0.0541 e. The van der Waals surface area contributed by atoms with E-state index in [0.717, 1.165) is 0 Å². The van der Waals surface area contributed by atoms with Gasteiger partial charge in [-0.2, -0.15) is 0 Å². The fourth-order valence-electron chi connectivity index (χ4n) is 6.49. The Hall–Kier alpha value is -4.62. The summed E-state index contributed by atoms with van der Waals surface area (Å²) in [6.07, 6.45) is 0. The molecule has 0 aliphatic carbocycles. The van der Waals surface area contributed by atoms with Crippen LogP contribution in [0.3, 0.4) is 0 Å². The highest BCUT2D eigenvalue weighted by atomic mass is 15.0. The van der Waals surface area contributed by atoms with E-state index >= 15 is 0 Å². The van der Waals surface area contributed by atoms with Crippen LogP contribution in [0.4, 0.5) is 0 Å². The van der Waals surface area contributed by atoms with Crippen molar-refractivity contribution in [1.82, 2.24) is 4.57 Å². The smallest absolute Gasteiger partial charge is 0.0541 e. The molecule has 0 bridgehead atoms. The molecule has 0 N–H and O–H groups in total. The summed E-state index contributed by atoms with van der Waals surface area (Å²) in [6.45, 7) is 6.88. The van der Waals surface area contributed by atoms with Crippen LogP contribution in [0.15, 0.2) is 121 Å². The van der Waals surface area contributed by atoms with Gasteiger partial charge in [0.1, 0.15) is 0 Å². The predicted octanol–water partition coefficient (Wildman–Crippen LogP) is 10.6. The van der Waals surface area contributed by atoms with Crippen molar-refractivity contribution < 1.29 is 0 Å². The Morgan fingerprint density at radius 2 is 1.05 bits per heavy atom. The minimum absolute atomic E-state index is 0.119. The molecule has 0 amide bonds. The molecule has 1 heteroatoms. The normalized spacial score (nSPS) is 12.5. The summed E-state index contributed by atoms with van der Waals surface area (Å²) in [7, 11) is 0. The number of nitrogens with zero attached hydrogens (tertiary/aromatic N) is 1. The van der Waals surface area contributed by atoms with Crippen LogP contribution in [0.25, 0.3) is 70.9 Å². The quantitative estimate of drug-likeness (QED) is 0.208. The van der Waals surface area contributed by atoms with E-state index in [-0.39, 0.29) is 5.41 Å². The van der Waals surface area contributed by atoms with E-state index in [1.54, 1.807) is 0 Å². The van der Waals surface area contributed by atoms with Crippen molar-refractivity contribution in [3.63, 3.8) is 0 Å². The topological polar surface area (TPSA) is 4.93 Å². The molecule has 0 saturated heterocycles. The number of rotatable bonds is 2. The Balaban J connectivity index is 1.31. The second-order valence-electron chi connectivity index (χ2n) is 11.9. The largest absolute Gasteiger partial charge is 0.309 e. The summed E-state index contributed by atoms with van der Waals surface area (Å²) in [4.78, 5) is 0. The summed E-state index contributed by atoms with van der Waals surface area (Å²) < 4.78 is 2.38. The van der Waals surface area contributed by atoms with Gasteiger partial charge in [-0.1, -0.05) is 118 Å². The standard InChI is InChI=1S/C38H29N/c1-38(2,3)28-22-26-13-12-25-16-20-30(33-21-17-27(23-28)36(26)37(25)33)24-14-18-29(19-15-24)39-34-10-6-4-8-31(34)32-9-5-7-11-35(32)39/h4-23H,1-3H3. The number of benzene rings is 7. The van der Waals surface area contributed by atoms with Gasteiger partial charge < -0.3 is 4.57 Å². The second-order valence-corrected chi connectivity index (χ2v) is 11.9. The lowest BCUT2D eigenvalue weighted by Gasteiger charge is -2.22. The lowest BCUT2D eigenvalue weighted by molar-refractivity contribution is 0.591. The van der Waals surface area contributed by atoms with Gasteiger partial charge in [0.2, 0.25) is 0 Å². The Labute approximate surface area is 228 Å². The van der Waals surface area contributed by atoms with Crippen LogP contribution in [-0.2, 0) is 5.41 Å². The van der Waals surface area contributed by atoms with Crippen molar-refractivity contribution in [1.29, 1.82) is 0 Å². The highest BCUT2D eigenvalue weighted by Gasteiger charge is 2.18. The molecule has 8 rings (SSSR count). The van der Waals surface area contributed by atoms with Gasteiger partial charge in [0.15, 0.2) is 0 Å². The van der Waals surface area contributed by atoms with Crippen molar-refractivity contribution in [2.24, 2.45) is 0 Å². The van der Waals surface area contributed by atoms with Gasteiger partial charge >= 0.3 is 0 Å². The molecule has 1 aromatic heterocycles. The maximum absolute atomic E-state index is 2.38. The van der Waals surface area contributed by atoms with E-state index in [9.17, 15) is 0 Å². The van der Waals surface area contributed by atoms with E-state index in [1.807, 2.05) is 0 Å². The predicted molar refractivity (Wildman–Crippen MR) is 169 cm³/mol. The Bertz CT molecular complexity index is 2110. The third kappa shape index (κ3) is 3.26. The number of hydrogen-bond acceptors (Lipinski definition) is 0. The lowest BCUT2D eigenvalue weighted by atomic mass is 9.83. The first-order valence-corrected chi connectivity index (χ1v) is 13.8. The van der Waals surface area contributed by atoms with Crippen molar-refractivity contribution in [3.05, 3.63) is 127 Å². The molecule has 39 heavy (non-hydrogen) atoms. The SMILES string of the molecule is CC(C)(C)c1cc2ccc3ccc(-c4ccc(-n5c6ccccc6c6ccccc65)cc4)c4ccc(c1)c2c34. The zero-order chi connectivity index (χ0) is 26.3. The molecule has 0 fully saturated rings. The third-order valence-electron chi connectivity index (χ3n) is 8.48. The molecule has 1 nitrogen and oxygen atoms in total. The summed E-state index contributed by atoms with van der Waals surface area (Å²) in [5, 5.41) is 10.6. The highest BCUT2D eigenvalue weighted by molar-refractivity contribution is 6.25. The van der Waals surface area contributed by atoms with Crippen LogP contribution < -0.4 is 0 Å². The third-order valence-corrected chi connectivity index (χ3v) is 8.48. The molecule has 186 valence electrons. The van der Waals surface area contributed by atoms with E-state index in [0.29, 0.717) is 0 Å². The zero-order valence-corrected chi connectivity index (χ0v) is 22.5. The highest BCUT2D eigenvalue weighted by Crippen LogP contribution is 2.41. The summed E-state index contributed by atoms with van der Waals surface area (Å²) >= 11 is 0. The van der Waals surface area contributed by atoms with Crippen molar-refractivity contribution in [2.75, 3.05) is 0 Å². The summed E-state index contributed by atoms with van der Waals surface area (Å²) in [6, 6.07) is 45.0. The van der Waals surface area contributed by atoms with E-state index in [2.05, 4.69) is 147 Å². The van der Waals surface area contributed by atoms with Crippen molar-refractivity contribution in [2.45, 2.75) is 26.2 Å². The fraction of sp³-hybridized carbons (Fsp3) is 0.105. The minimum atomic E-state index is 0.119. The molecular weight excluding hydrogens is 470 g/mol. The Morgan fingerprint density at radius 1 is 0.487 bits per heavy atom. The molecule has 0 radical (unpaired) electrons. The second kappa shape index (κ2) is 7.94. The molecule has 0 atom stereocenters. The van der Waals surface area contributed by atoms with Crippen LogP contribution in [0.2, 0.25) is 0 Å². The Morgan fingerprint density at radius 3 is 1.69 bits per heavy atom. The van der Waals surface area contributed by atoms with Gasteiger partial charge in [-0.3, -0.25) is 0 Å². The Kier molecular flexibility index (Phi) is 4.56. The first-order valence-electron chi connectivity index (χ1n) is 13.8. The number of fused-ring (bicyclic) bond motifs is 3. The van der Waals surface area contributed by atoms with Gasteiger partial charge in [-0.25, -0.2) is 0 Å². The first kappa shape index (κ1) is 22.4. The monoisotopic (exact) mass is 499 g/mol. The average molecular weight is 500 g/mol. The van der Waals surface area contributed by atoms with Crippen molar-refractivity contribution >= 4 is 54.1 Å². The molecule has 0 unspecified atom stereocenters. The van der Waals surface area contributed by atoms with Gasteiger partial charge in [-0.05, 0) is 78.7 Å². The van der Waals surface area contributed by atoms with Gasteiger partial charge in [0.25, 0.3) is 0 Å². The fourth-order valence-corrected chi connectivity index (χ4v) is 6.49. The van der Waals surface area contributed by atoms with Crippen molar-refractivity contribution in [3.8, 4) is 16.8 Å². The maximum atomic E-state index is 2.38. The van der Waals surface area contributed by atoms with Crippen LogP contribution in [-0.4, -0.2) is 4.57 Å². The minimum Gasteiger partial charge on any atom is -0.309 e. The number of aromatic nitrogens is 1. The van der Waals surface area contributed by atoms with Crippen LogP contribution in [0, 0.1) is 0 Å². The number of para-hydroxylation sites is 2. The number of hydrogen-bond donors (Lipinski definition) is 0. The van der Waals surface area contributed by atoms with Gasteiger partial charge in [0, 0.05) is 16.5 Å².